The van der Waals surface area contributed by atoms with Crippen molar-refractivity contribution in [3.05, 3.63) is 12.7 Å². The molecule has 62 valence electrons. The molecule has 2 aliphatic heterocycles. The lowest BCUT2D eigenvalue weighted by Gasteiger charge is -2.17. The highest BCUT2D eigenvalue weighted by atomic mass is 16.6. The number of fused-ring (bicyclic) bond motifs is 2. The largest absolute Gasteiger partial charge is 0.372 e. The van der Waals surface area contributed by atoms with Crippen molar-refractivity contribution in [3.63, 3.8) is 0 Å². The number of hydrogen-bond donors (Lipinski definition) is 0. The van der Waals surface area contributed by atoms with Crippen LogP contribution in [0.15, 0.2) is 12.7 Å². The molecule has 2 rings (SSSR count). The Morgan fingerprint density at radius 2 is 2.45 bits per heavy atom. The Labute approximate surface area is 67.2 Å². The van der Waals surface area contributed by atoms with E-state index in [4.69, 9.17) is 9.47 Å². The average Bonchev–Trinajstić information content (AvgIpc) is 2.60. The first-order valence-corrected chi connectivity index (χ1v) is 4.28. The predicted octanol–water partition coefficient (Wildman–Crippen LogP) is 1.51. The molecule has 0 saturated carbocycles. The van der Waals surface area contributed by atoms with Crippen LogP contribution in [-0.4, -0.2) is 24.9 Å². The lowest BCUT2D eigenvalue weighted by atomic mass is 9.98. The summed E-state index contributed by atoms with van der Waals surface area (Å²) in [6.45, 7) is 4.28. The third-order valence-corrected chi connectivity index (χ3v) is 2.48. The monoisotopic (exact) mass is 154 g/mol. The molecule has 0 unspecified atom stereocenters. The molecule has 0 aromatic rings. The van der Waals surface area contributed by atoms with Crippen molar-refractivity contribution >= 4 is 0 Å². The van der Waals surface area contributed by atoms with Crippen LogP contribution < -0.4 is 0 Å². The third-order valence-electron chi connectivity index (χ3n) is 2.48. The second-order valence-electron chi connectivity index (χ2n) is 3.27. The lowest BCUT2D eigenvalue weighted by molar-refractivity contribution is 0.0114. The molecule has 0 N–H and O–H groups in total. The highest BCUT2D eigenvalue weighted by Gasteiger charge is 2.41. The smallest absolute Gasteiger partial charge is 0.0865 e. The molecule has 0 aliphatic carbocycles. The maximum Gasteiger partial charge on any atom is 0.0865 e. The first-order valence-electron chi connectivity index (χ1n) is 4.28. The van der Waals surface area contributed by atoms with E-state index in [1.54, 1.807) is 6.08 Å². The summed E-state index contributed by atoms with van der Waals surface area (Å²) in [5.74, 6) is 0. The summed E-state index contributed by atoms with van der Waals surface area (Å²) in [7, 11) is 0. The molecule has 0 aromatic heterocycles. The molecule has 2 aliphatic rings. The van der Waals surface area contributed by atoms with E-state index < -0.39 is 0 Å². The maximum atomic E-state index is 5.62. The molecule has 2 heteroatoms. The van der Waals surface area contributed by atoms with Crippen molar-refractivity contribution in [1.82, 2.24) is 0 Å². The minimum atomic E-state index is 0.353. The topological polar surface area (TPSA) is 18.5 Å². The molecule has 0 radical (unpaired) electrons. The first-order chi connectivity index (χ1) is 5.40. The van der Waals surface area contributed by atoms with Crippen molar-refractivity contribution in [3.8, 4) is 0 Å². The van der Waals surface area contributed by atoms with Crippen molar-refractivity contribution < 1.29 is 9.47 Å². The molecule has 2 bridgehead atoms. The van der Waals surface area contributed by atoms with Gasteiger partial charge in [0.05, 0.1) is 24.9 Å². The van der Waals surface area contributed by atoms with E-state index in [1.165, 1.54) is 12.8 Å². The Bertz CT molecular complexity index is 156. The Kier molecular flexibility index (Phi) is 1.96. The molecule has 2 heterocycles. The van der Waals surface area contributed by atoms with Crippen molar-refractivity contribution in [2.75, 3.05) is 6.61 Å². The Balaban J connectivity index is 1.83. The summed E-state index contributed by atoms with van der Waals surface area (Å²) in [4.78, 5) is 0. The van der Waals surface area contributed by atoms with Crippen LogP contribution in [0.25, 0.3) is 0 Å². The van der Waals surface area contributed by atoms with Crippen LogP contribution in [0.5, 0.6) is 0 Å². The Morgan fingerprint density at radius 1 is 1.55 bits per heavy atom. The van der Waals surface area contributed by atoms with Gasteiger partial charge in [0, 0.05) is 6.42 Å². The quantitative estimate of drug-likeness (QED) is 0.574. The van der Waals surface area contributed by atoms with Gasteiger partial charge in [-0.25, -0.2) is 0 Å². The van der Waals surface area contributed by atoms with Crippen molar-refractivity contribution in [2.45, 2.75) is 37.6 Å². The van der Waals surface area contributed by atoms with E-state index in [2.05, 4.69) is 6.58 Å². The fraction of sp³-hybridized carbons (Fsp3) is 0.778. The highest BCUT2D eigenvalue weighted by molar-refractivity contribution is 4.90. The molecule has 2 saturated heterocycles. The number of ether oxygens (including phenoxy) is 2. The normalized spacial score (nSPS) is 41.3. The van der Waals surface area contributed by atoms with Crippen LogP contribution in [-0.2, 0) is 9.47 Å². The number of hydrogen-bond acceptors (Lipinski definition) is 2. The fourth-order valence-electron chi connectivity index (χ4n) is 1.96. The van der Waals surface area contributed by atoms with E-state index in [1.807, 2.05) is 0 Å². The van der Waals surface area contributed by atoms with E-state index in [-0.39, 0.29) is 0 Å². The van der Waals surface area contributed by atoms with Crippen LogP contribution in [0, 0.1) is 0 Å². The summed E-state index contributed by atoms with van der Waals surface area (Å²) < 4.78 is 11.2. The third kappa shape index (κ3) is 1.33. The van der Waals surface area contributed by atoms with Gasteiger partial charge in [-0.05, 0) is 12.8 Å². The zero-order valence-corrected chi connectivity index (χ0v) is 6.66. The van der Waals surface area contributed by atoms with Crippen LogP contribution in [0.3, 0.4) is 0 Å². The minimum Gasteiger partial charge on any atom is -0.372 e. The predicted molar refractivity (Wildman–Crippen MR) is 42.4 cm³/mol. The van der Waals surface area contributed by atoms with Gasteiger partial charge < -0.3 is 9.47 Å². The van der Waals surface area contributed by atoms with Gasteiger partial charge in [-0.15, -0.1) is 6.58 Å². The van der Waals surface area contributed by atoms with E-state index in [0.717, 1.165) is 6.42 Å². The summed E-state index contributed by atoms with van der Waals surface area (Å²) in [6, 6.07) is 0. The molecule has 0 aromatic carbocycles. The van der Waals surface area contributed by atoms with Crippen LogP contribution >= 0.6 is 0 Å². The van der Waals surface area contributed by atoms with Crippen LogP contribution in [0.2, 0.25) is 0 Å². The molecular weight excluding hydrogens is 140 g/mol. The molecule has 2 fully saturated rings. The van der Waals surface area contributed by atoms with Gasteiger partial charge in [0.1, 0.15) is 0 Å². The maximum absolute atomic E-state index is 5.62. The molecule has 2 nitrogen and oxygen atoms in total. The van der Waals surface area contributed by atoms with E-state index in [0.29, 0.717) is 24.9 Å². The second-order valence-corrected chi connectivity index (χ2v) is 3.27. The van der Waals surface area contributed by atoms with Gasteiger partial charge in [0.2, 0.25) is 0 Å². The van der Waals surface area contributed by atoms with Crippen LogP contribution in [0.1, 0.15) is 19.3 Å². The molecule has 0 spiro atoms. The fourth-order valence-corrected chi connectivity index (χ4v) is 1.96. The Morgan fingerprint density at radius 3 is 3.00 bits per heavy atom. The average molecular weight is 154 g/mol. The zero-order chi connectivity index (χ0) is 7.68. The molecule has 0 amide bonds. The summed E-state index contributed by atoms with van der Waals surface area (Å²) >= 11 is 0. The Hall–Kier alpha value is -0.340. The second kappa shape index (κ2) is 2.95. The molecule has 11 heavy (non-hydrogen) atoms. The van der Waals surface area contributed by atoms with Gasteiger partial charge in [0.15, 0.2) is 0 Å². The number of rotatable bonds is 3. The van der Waals surface area contributed by atoms with Gasteiger partial charge in [-0.3, -0.25) is 0 Å². The van der Waals surface area contributed by atoms with Crippen molar-refractivity contribution in [2.24, 2.45) is 0 Å². The van der Waals surface area contributed by atoms with Crippen LogP contribution in [0.4, 0.5) is 0 Å². The summed E-state index contributed by atoms with van der Waals surface area (Å²) in [5.41, 5.74) is 0. The highest BCUT2D eigenvalue weighted by Crippen LogP contribution is 2.35. The SMILES string of the molecule is C=CCO[C@H]1C[C@H]2CC[C@@H]1O2. The lowest BCUT2D eigenvalue weighted by Crippen LogP contribution is -2.25. The van der Waals surface area contributed by atoms with E-state index >= 15 is 0 Å². The van der Waals surface area contributed by atoms with Gasteiger partial charge in [0.25, 0.3) is 0 Å². The minimum absolute atomic E-state index is 0.353. The van der Waals surface area contributed by atoms with Gasteiger partial charge in [-0.1, -0.05) is 6.08 Å². The zero-order valence-electron chi connectivity index (χ0n) is 6.66. The molecule has 3 atom stereocenters. The summed E-state index contributed by atoms with van der Waals surface area (Å²) in [5, 5.41) is 0. The first kappa shape index (κ1) is 7.32. The van der Waals surface area contributed by atoms with Crippen molar-refractivity contribution in [1.29, 1.82) is 0 Å². The van der Waals surface area contributed by atoms with Gasteiger partial charge in [-0.2, -0.15) is 0 Å². The van der Waals surface area contributed by atoms with Gasteiger partial charge >= 0.3 is 0 Å². The standard InChI is InChI=1S/C9H14O2/c1-2-5-10-9-6-7-3-4-8(9)11-7/h2,7-9H,1,3-6H2/t7-,8+,9+/m1/s1. The molecular formula is C9H14O2. The summed E-state index contributed by atoms with van der Waals surface area (Å²) in [6.07, 6.45) is 6.55. The van der Waals surface area contributed by atoms with E-state index in [9.17, 15) is 0 Å².